The van der Waals surface area contributed by atoms with Crippen LogP contribution in [0.4, 0.5) is 11.5 Å². The fraction of sp³-hybridized carbons (Fsp3) is 0.267. The lowest BCUT2D eigenvalue weighted by Gasteiger charge is -2.08. The van der Waals surface area contributed by atoms with Gasteiger partial charge < -0.3 is 15.4 Å². The molecule has 1 amide bonds. The number of rotatable bonds is 6. The summed E-state index contributed by atoms with van der Waals surface area (Å²) in [5.74, 6) is 0.328. The highest BCUT2D eigenvalue weighted by molar-refractivity contribution is 5.92. The number of carbonyl (C=O) groups is 1. The highest BCUT2D eigenvalue weighted by Crippen LogP contribution is 2.15. The number of amides is 1. The molecule has 21 heavy (non-hydrogen) atoms. The summed E-state index contributed by atoms with van der Waals surface area (Å²) < 4.78 is 4.88. The number of hydrogen-bond acceptors (Lipinski definition) is 5. The van der Waals surface area contributed by atoms with Gasteiger partial charge in [0.1, 0.15) is 17.8 Å². The topological polar surface area (TPSA) is 76.1 Å². The van der Waals surface area contributed by atoms with Crippen LogP contribution in [0.1, 0.15) is 16.1 Å². The maximum atomic E-state index is 11.9. The average molecular weight is 286 g/mol. The summed E-state index contributed by atoms with van der Waals surface area (Å²) in [4.78, 5) is 20.0. The van der Waals surface area contributed by atoms with Crippen LogP contribution in [0.5, 0.6) is 0 Å². The molecule has 6 nitrogen and oxygen atoms in total. The van der Waals surface area contributed by atoms with Crippen molar-refractivity contribution in [2.24, 2.45) is 0 Å². The normalized spacial score (nSPS) is 10.2. The molecule has 0 spiro atoms. The average Bonchev–Trinajstić information content (AvgIpc) is 2.48. The summed E-state index contributed by atoms with van der Waals surface area (Å²) in [5.41, 5.74) is 2.38. The van der Waals surface area contributed by atoms with Gasteiger partial charge in [-0.25, -0.2) is 9.97 Å². The number of methoxy groups -OCH3 is 1. The van der Waals surface area contributed by atoms with E-state index < -0.39 is 0 Å². The number of nitrogens with zero attached hydrogens (tertiary/aromatic N) is 2. The van der Waals surface area contributed by atoms with Gasteiger partial charge in [-0.3, -0.25) is 4.79 Å². The van der Waals surface area contributed by atoms with Crippen LogP contribution in [0.15, 0.2) is 36.7 Å². The van der Waals surface area contributed by atoms with Crippen molar-refractivity contribution in [2.45, 2.75) is 6.92 Å². The van der Waals surface area contributed by atoms with E-state index in [0.717, 1.165) is 11.3 Å². The fourth-order valence-electron chi connectivity index (χ4n) is 1.78. The van der Waals surface area contributed by atoms with Gasteiger partial charge in [0.25, 0.3) is 5.91 Å². The molecule has 2 N–H and O–H groups in total. The first-order chi connectivity index (χ1) is 10.2. The summed E-state index contributed by atoms with van der Waals surface area (Å²) in [6, 6.07) is 9.52. The van der Waals surface area contributed by atoms with E-state index in [2.05, 4.69) is 20.6 Å². The maximum absolute atomic E-state index is 11.9. The lowest BCUT2D eigenvalue weighted by atomic mass is 10.2. The van der Waals surface area contributed by atoms with Crippen LogP contribution in [0.3, 0.4) is 0 Å². The van der Waals surface area contributed by atoms with E-state index in [1.165, 1.54) is 6.33 Å². The molecule has 0 fully saturated rings. The first-order valence-corrected chi connectivity index (χ1v) is 6.62. The Morgan fingerprint density at radius 3 is 2.90 bits per heavy atom. The number of ether oxygens (including phenoxy) is 1. The molecule has 0 unspecified atom stereocenters. The highest BCUT2D eigenvalue weighted by atomic mass is 16.5. The molecule has 110 valence electrons. The van der Waals surface area contributed by atoms with E-state index in [1.54, 1.807) is 13.2 Å². The van der Waals surface area contributed by atoms with Gasteiger partial charge in [-0.15, -0.1) is 0 Å². The van der Waals surface area contributed by atoms with Crippen LogP contribution in [0.25, 0.3) is 0 Å². The quantitative estimate of drug-likeness (QED) is 0.793. The second-order valence-corrected chi connectivity index (χ2v) is 4.53. The third-order valence-electron chi connectivity index (χ3n) is 2.78. The predicted molar refractivity (Wildman–Crippen MR) is 80.7 cm³/mol. The number of hydrogen-bond donors (Lipinski definition) is 2. The Kier molecular flexibility index (Phi) is 5.22. The molecule has 1 aromatic heterocycles. The zero-order chi connectivity index (χ0) is 15.1. The van der Waals surface area contributed by atoms with Crippen LogP contribution in [-0.2, 0) is 4.74 Å². The van der Waals surface area contributed by atoms with Gasteiger partial charge in [0.15, 0.2) is 0 Å². The molecule has 0 saturated carbocycles. The van der Waals surface area contributed by atoms with Crippen LogP contribution in [0.2, 0.25) is 0 Å². The lowest BCUT2D eigenvalue weighted by molar-refractivity contribution is 0.0932. The first kappa shape index (κ1) is 14.9. The van der Waals surface area contributed by atoms with Crippen molar-refractivity contribution in [3.05, 3.63) is 47.9 Å². The Morgan fingerprint density at radius 1 is 1.29 bits per heavy atom. The maximum Gasteiger partial charge on any atom is 0.270 e. The molecule has 2 aromatic rings. The van der Waals surface area contributed by atoms with E-state index in [9.17, 15) is 4.79 Å². The standard InChI is InChI=1S/C15H18N4O2/c1-11-4-3-5-12(8-11)19-14-9-13(17-10-18-14)15(20)16-6-7-21-2/h3-5,8-10H,6-7H2,1-2H3,(H,16,20)(H,17,18,19). The molecule has 0 radical (unpaired) electrons. The molecular formula is C15H18N4O2. The molecule has 2 rings (SSSR count). The molecule has 6 heteroatoms. The van der Waals surface area contributed by atoms with Gasteiger partial charge in [0.05, 0.1) is 6.61 Å². The van der Waals surface area contributed by atoms with Crippen molar-refractivity contribution in [3.63, 3.8) is 0 Å². The van der Waals surface area contributed by atoms with Crippen molar-refractivity contribution < 1.29 is 9.53 Å². The smallest absolute Gasteiger partial charge is 0.270 e. The largest absolute Gasteiger partial charge is 0.383 e. The number of aryl methyl sites for hydroxylation is 1. The monoisotopic (exact) mass is 286 g/mol. The molecule has 0 atom stereocenters. The molecule has 0 aliphatic carbocycles. The van der Waals surface area contributed by atoms with Gasteiger partial charge in [0.2, 0.25) is 0 Å². The molecule has 0 bridgehead atoms. The summed E-state index contributed by atoms with van der Waals surface area (Å²) in [5, 5.41) is 5.87. The Balaban J connectivity index is 2.05. The van der Waals surface area contributed by atoms with E-state index >= 15 is 0 Å². The summed E-state index contributed by atoms with van der Waals surface area (Å²) in [6.07, 6.45) is 1.36. The Bertz CT molecular complexity index is 616. The zero-order valence-electron chi connectivity index (χ0n) is 12.1. The van der Waals surface area contributed by atoms with Gasteiger partial charge >= 0.3 is 0 Å². The first-order valence-electron chi connectivity index (χ1n) is 6.62. The Morgan fingerprint density at radius 2 is 2.14 bits per heavy atom. The number of nitrogens with one attached hydrogen (secondary N) is 2. The number of aromatic nitrogens is 2. The Hall–Kier alpha value is -2.47. The van der Waals surface area contributed by atoms with Crippen LogP contribution >= 0.6 is 0 Å². The zero-order valence-corrected chi connectivity index (χ0v) is 12.1. The second-order valence-electron chi connectivity index (χ2n) is 4.53. The van der Waals surface area contributed by atoms with Crippen LogP contribution < -0.4 is 10.6 Å². The Labute approximate surface area is 123 Å². The van der Waals surface area contributed by atoms with E-state index in [-0.39, 0.29) is 5.91 Å². The molecule has 0 aliphatic rings. The van der Waals surface area contributed by atoms with Crippen molar-refractivity contribution >= 4 is 17.4 Å². The van der Waals surface area contributed by atoms with E-state index in [4.69, 9.17) is 4.74 Å². The third kappa shape index (κ3) is 4.54. The summed E-state index contributed by atoms with van der Waals surface area (Å²) in [7, 11) is 1.58. The number of benzene rings is 1. The number of anilines is 2. The predicted octanol–water partition coefficient (Wildman–Crippen LogP) is 1.90. The summed E-state index contributed by atoms with van der Waals surface area (Å²) in [6.45, 7) is 2.92. The molecular weight excluding hydrogens is 268 g/mol. The van der Waals surface area contributed by atoms with Crippen molar-refractivity contribution in [3.8, 4) is 0 Å². The number of carbonyl (C=O) groups excluding carboxylic acids is 1. The van der Waals surface area contributed by atoms with E-state index in [0.29, 0.717) is 24.7 Å². The fourth-order valence-corrected chi connectivity index (χ4v) is 1.78. The molecule has 0 aliphatic heterocycles. The van der Waals surface area contributed by atoms with Gasteiger partial charge in [-0.2, -0.15) is 0 Å². The van der Waals surface area contributed by atoms with Crippen molar-refractivity contribution in [1.29, 1.82) is 0 Å². The molecule has 1 aromatic carbocycles. The van der Waals surface area contributed by atoms with Gasteiger partial charge in [-0.05, 0) is 24.6 Å². The van der Waals surface area contributed by atoms with Crippen molar-refractivity contribution in [1.82, 2.24) is 15.3 Å². The SMILES string of the molecule is COCCNC(=O)c1cc(Nc2cccc(C)c2)ncn1. The lowest BCUT2D eigenvalue weighted by Crippen LogP contribution is -2.27. The van der Waals surface area contributed by atoms with Crippen LogP contribution in [0, 0.1) is 6.92 Å². The minimum Gasteiger partial charge on any atom is -0.383 e. The van der Waals surface area contributed by atoms with Gasteiger partial charge in [0, 0.05) is 25.4 Å². The third-order valence-corrected chi connectivity index (χ3v) is 2.78. The van der Waals surface area contributed by atoms with E-state index in [1.807, 2.05) is 31.2 Å². The van der Waals surface area contributed by atoms with Gasteiger partial charge in [-0.1, -0.05) is 12.1 Å². The molecule has 1 heterocycles. The minimum absolute atomic E-state index is 0.248. The van der Waals surface area contributed by atoms with Crippen LogP contribution in [-0.4, -0.2) is 36.1 Å². The van der Waals surface area contributed by atoms with Crippen molar-refractivity contribution in [2.75, 3.05) is 25.6 Å². The minimum atomic E-state index is -0.248. The second kappa shape index (κ2) is 7.35. The summed E-state index contributed by atoms with van der Waals surface area (Å²) >= 11 is 0. The molecule has 0 saturated heterocycles. The highest BCUT2D eigenvalue weighted by Gasteiger charge is 2.08.